The first-order chi connectivity index (χ1) is 6.66. The molecule has 1 aliphatic heterocycles. The summed E-state index contributed by atoms with van der Waals surface area (Å²) in [4.78, 5) is 10.7. The molecule has 74 valence electrons. The first-order valence-corrected chi connectivity index (χ1v) is 4.41. The van der Waals surface area contributed by atoms with Gasteiger partial charge in [-0.05, 0) is 30.2 Å². The Morgan fingerprint density at radius 1 is 1.57 bits per heavy atom. The van der Waals surface area contributed by atoms with E-state index in [1.165, 1.54) is 0 Å². The van der Waals surface area contributed by atoms with Gasteiger partial charge in [-0.25, -0.2) is 0 Å². The summed E-state index contributed by atoms with van der Waals surface area (Å²) in [5.74, 6) is -0.529. The number of nitrogens with two attached hydrogens (primary N) is 1. The molecule has 0 amide bonds. The van der Waals surface area contributed by atoms with E-state index in [0.717, 1.165) is 11.3 Å². The van der Waals surface area contributed by atoms with Gasteiger partial charge in [-0.3, -0.25) is 4.79 Å². The lowest BCUT2D eigenvalue weighted by atomic mass is 9.96. The van der Waals surface area contributed by atoms with Crippen LogP contribution in [0.15, 0.2) is 18.2 Å². The molecule has 0 fully saturated rings. The number of carboxylic acid groups (broad SMARTS) is 1. The SMILES string of the molecule is Nc1ccc2c(c1)CC(C(=O)O)CO2. The number of hydrogen-bond acceptors (Lipinski definition) is 3. The fourth-order valence-electron chi connectivity index (χ4n) is 1.57. The van der Waals surface area contributed by atoms with Crippen molar-refractivity contribution in [1.82, 2.24) is 0 Å². The molecule has 3 N–H and O–H groups in total. The lowest BCUT2D eigenvalue weighted by Gasteiger charge is -2.22. The average molecular weight is 193 g/mol. The largest absolute Gasteiger partial charge is 0.492 e. The molecular weight excluding hydrogens is 182 g/mol. The third kappa shape index (κ3) is 1.51. The quantitative estimate of drug-likeness (QED) is 0.650. The summed E-state index contributed by atoms with van der Waals surface area (Å²) in [6, 6.07) is 5.30. The van der Waals surface area contributed by atoms with Gasteiger partial charge in [0.2, 0.25) is 0 Å². The molecule has 0 radical (unpaired) electrons. The Morgan fingerprint density at radius 2 is 2.36 bits per heavy atom. The second-order valence-corrected chi connectivity index (χ2v) is 3.42. The van der Waals surface area contributed by atoms with E-state index in [1.54, 1.807) is 18.2 Å². The monoisotopic (exact) mass is 193 g/mol. The predicted octanol–water partition coefficient (Wildman–Crippen LogP) is 0.905. The minimum absolute atomic E-state index is 0.242. The highest BCUT2D eigenvalue weighted by Crippen LogP contribution is 2.28. The van der Waals surface area contributed by atoms with Crippen molar-refractivity contribution >= 4 is 11.7 Å². The topological polar surface area (TPSA) is 72.6 Å². The van der Waals surface area contributed by atoms with Crippen molar-refractivity contribution in [3.05, 3.63) is 23.8 Å². The summed E-state index contributed by atoms with van der Waals surface area (Å²) in [5.41, 5.74) is 7.12. The maximum Gasteiger partial charge on any atom is 0.310 e. The molecule has 1 atom stereocenters. The Labute approximate surface area is 81.3 Å². The second kappa shape index (κ2) is 3.21. The van der Waals surface area contributed by atoms with E-state index in [1.807, 2.05) is 0 Å². The first kappa shape index (κ1) is 8.87. The van der Waals surface area contributed by atoms with Gasteiger partial charge < -0.3 is 15.6 Å². The summed E-state index contributed by atoms with van der Waals surface area (Å²) < 4.78 is 5.32. The molecular formula is C10H11NO3. The minimum Gasteiger partial charge on any atom is -0.492 e. The van der Waals surface area contributed by atoms with E-state index in [-0.39, 0.29) is 6.61 Å². The highest BCUT2D eigenvalue weighted by atomic mass is 16.5. The van der Waals surface area contributed by atoms with E-state index in [0.29, 0.717) is 12.1 Å². The zero-order valence-electron chi connectivity index (χ0n) is 7.56. The van der Waals surface area contributed by atoms with Gasteiger partial charge in [-0.15, -0.1) is 0 Å². The molecule has 14 heavy (non-hydrogen) atoms. The Balaban J connectivity index is 2.29. The molecule has 1 aromatic carbocycles. The Hall–Kier alpha value is -1.71. The number of carboxylic acids is 1. The molecule has 0 bridgehead atoms. The molecule has 0 saturated heterocycles. The van der Waals surface area contributed by atoms with Crippen LogP contribution in [0.4, 0.5) is 5.69 Å². The van der Waals surface area contributed by atoms with Crippen molar-refractivity contribution in [2.24, 2.45) is 5.92 Å². The van der Waals surface area contributed by atoms with Gasteiger partial charge >= 0.3 is 5.97 Å². The fraction of sp³-hybridized carbons (Fsp3) is 0.300. The average Bonchev–Trinajstić information content (AvgIpc) is 2.16. The molecule has 4 nitrogen and oxygen atoms in total. The van der Waals surface area contributed by atoms with Crippen LogP contribution in [0.2, 0.25) is 0 Å². The van der Waals surface area contributed by atoms with Crippen LogP contribution >= 0.6 is 0 Å². The molecule has 1 heterocycles. The van der Waals surface area contributed by atoms with Crippen molar-refractivity contribution in [3.63, 3.8) is 0 Å². The summed E-state index contributed by atoms with van der Waals surface area (Å²) >= 11 is 0. The second-order valence-electron chi connectivity index (χ2n) is 3.42. The van der Waals surface area contributed by atoms with Crippen LogP contribution in [0.5, 0.6) is 5.75 Å². The minimum atomic E-state index is -0.821. The van der Waals surface area contributed by atoms with E-state index in [9.17, 15) is 4.79 Å². The van der Waals surface area contributed by atoms with Crippen molar-refractivity contribution in [2.75, 3.05) is 12.3 Å². The Morgan fingerprint density at radius 3 is 3.07 bits per heavy atom. The molecule has 0 aromatic heterocycles. The third-order valence-electron chi connectivity index (χ3n) is 2.34. The maximum atomic E-state index is 10.7. The van der Waals surface area contributed by atoms with Crippen LogP contribution in [-0.2, 0) is 11.2 Å². The summed E-state index contributed by atoms with van der Waals surface area (Å²) in [6.45, 7) is 0.242. The number of benzene rings is 1. The normalized spacial score (nSPS) is 19.6. The molecule has 1 aromatic rings. The lowest BCUT2D eigenvalue weighted by Crippen LogP contribution is -2.27. The van der Waals surface area contributed by atoms with E-state index in [4.69, 9.17) is 15.6 Å². The van der Waals surface area contributed by atoms with Gasteiger partial charge in [0, 0.05) is 5.69 Å². The fourth-order valence-corrected chi connectivity index (χ4v) is 1.57. The first-order valence-electron chi connectivity index (χ1n) is 4.41. The van der Waals surface area contributed by atoms with Crippen molar-refractivity contribution in [3.8, 4) is 5.75 Å². The number of nitrogen functional groups attached to an aromatic ring is 1. The Kier molecular flexibility index (Phi) is 2.04. The van der Waals surface area contributed by atoms with Gasteiger partial charge in [0.05, 0.1) is 5.92 Å². The summed E-state index contributed by atoms with van der Waals surface area (Å²) in [5, 5.41) is 8.82. The standard InChI is InChI=1S/C10H11NO3/c11-8-1-2-9-6(4-8)3-7(5-14-9)10(12)13/h1-2,4,7H,3,5,11H2,(H,12,13). The zero-order chi connectivity index (χ0) is 10.1. The molecule has 1 unspecified atom stereocenters. The zero-order valence-corrected chi connectivity index (χ0v) is 7.56. The number of carbonyl (C=O) groups is 1. The molecule has 0 saturated carbocycles. The number of aliphatic carboxylic acids is 1. The van der Waals surface area contributed by atoms with Crippen LogP contribution in [0, 0.1) is 5.92 Å². The molecule has 2 rings (SSSR count). The van der Waals surface area contributed by atoms with E-state index < -0.39 is 11.9 Å². The van der Waals surface area contributed by atoms with Crippen molar-refractivity contribution in [2.45, 2.75) is 6.42 Å². The summed E-state index contributed by atoms with van der Waals surface area (Å²) in [6.07, 6.45) is 0.496. The van der Waals surface area contributed by atoms with Crippen LogP contribution in [0.25, 0.3) is 0 Å². The van der Waals surface area contributed by atoms with Crippen LogP contribution in [0.3, 0.4) is 0 Å². The highest BCUT2D eigenvalue weighted by molar-refractivity contribution is 5.71. The van der Waals surface area contributed by atoms with Gasteiger partial charge in [0.1, 0.15) is 12.4 Å². The van der Waals surface area contributed by atoms with Crippen LogP contribution < -0.4 is 10.5 Å². The molecule has 4 heteroatoms. The third-order valence-corrected chi connectivity index (χ3v) is 2.34. The highest BCUT2D eigenvalue weighted by Gasteiger charge is 2.25. The molecule has 0 spiro atoms. The summed E-state index contributed by atoms with van der Waals surface area (Å²) in [7, 11) is 0. The van der Waals surface area contributed by atoms with Gasteiger partial charge in [-0.1, -0.05) is 0 Å². The number of fused-ring (bicyclic) bond motifs is 1. The number of ether oxygens (including phenoxy) is 1. The Bertz CT molecular complexity index is 376. The van der Waals surface area contributed by atoms with E-state index in [2.05, 4.69) is 0 Å². The van der Waals surface area contributed by atoms with Crippen LogP contribution in [-0.4, -0.2) is 17.7 Å². The number of anilines is 1. The van der Waals surface area contributed by atoms with Crippen LogP contribution in [0.1, 0.15) is 5.56 Å². The predicted molar refractivity (Wildman–Crippen MR) is 51.2 cm³/mol. The van der Waals surface area contributed by atoms with E-state index >= 15 is 0 Å². The van der Waals surface area contributed by atoms with Gasteiger partial charge in [-0.2, -0.15) is 0 Å². The van der Waals surface area contributed by atoms with Crippen molar-refractivity contribution < 1.29 is 14.6 Å². The molecule has 1 aliphatic rings. The smallest absolute Gasteiger partial charge is 0.310 e. The lowest BCUT2D eigenvalue weighted by molar-refractivity contribution is -0.143. The maximum absolute atomic E-state index is 10.7. The molecule has 0 aliphatic carbocycles. The van der Waals surface area contributed by atoms with Gasteiger partial charge in [0.25, 0.3) is 0 Å². The number of hydrogen-bond donors (Lipinski definition) is 2. The van der Waals surface area contributed by atoms with Gasteiger partial charge in [0.15, 0.2) is 0 Å². The number of rotatable bonds is 1. The van der Waals surface area contributed by atoms with Crippen molar-refractivity contribution in [1.29, 1.82) is 0 Å².